The maximum Gasteiger partial charge on any atom is 0.143 e. The molecule has 312 valence electrons. The summed E-state index contributed by atoms with van der Waals surface area (Å²) in [5, 5.41) is 3.55. The third-order valence-corrected chi connectivity index (χ3v) is 12.8. The molecule has 0 atom stereocenters. The first kappa shape index (κ1) is 39.7. The lowest BCUT2D eigenvalue weighted by Gasteiger charge is -2.26. The Balaban J connectivity index is 0.935. The summed E-state index contributed by atoms with van der Waals surface area (Å²) in [6, 6.07) is 70.0. The van der Waals surface area contributed by atoms with Crippen LogP contribution in [-0.4, -0.2) is 4.57 Å². The molecule has 0 bridgehead atoms. The molecule has 0 amide bonds. The lowest BCUT2D eigenvalue weighted by atomic mass is 9.95. The summed E-state index contributed by atoms with van der Waals surface area (Å²) in [6.07, 6.45) is 10.8. The number of fused-ring (bicyclic) bond motifs is 4. The van der Waals surface area contributed by atoms with Gasteiger partial charge in [-0.1, -0.05) is 178 Å². The predicted octanol–water partition coefficient (Wildman–Crippen LogP) is 15.8. The van der Waals surface area contributed by atoms with Crippen molar-refractivity contribution in [3.8, 4) is 50.2 Å². The van der Waals surface area contributed by atoms with E-state index in [0.29, 0.717) is 0 Å². The van der Waals surface area contributed by atoms with Crippen molar-refractivity contribution in [2.24, 2.45) is 5.41 Å². The molecular formula is C62H48N2O. The molecule has 0 N–H and O–H groups in total. The second-order valence-electron chi connectivity index (χ2n) is 17.5. The number of para-hydroxylation sites is 2. The van der Waals surface area contributed by atoms with Gasteiger partial charge >= 0.3 is 0 Å². The van der Waals surface area contributed by atoms with Crippen LogP contribution in [0.25, 0.3) is 96.4 Å². The smallest absolute Gasteiger partial charge is 0.143 e. The standard InChI is InChI=1S/C62H48N2O/c1-5-13-58-53(6-2)55-16-10-11-19-59(55)64(58)52-36-28-47(29-37-52)46-26-34-50(35-27-46)63(49-32-24-45(25-33-49)44-22-20-43(21-23-44)42-14-8-7-9-15-42)51-38-30-48(31-39-51)54-17-12-18-56-57-40-62(3,4)41-60(57)65-61(54)56/h5-41H,2H2,1,3-4H3/b13-5-. The van der Waals surface area contributed by atoms with Gasteiger partial charge in [0, 0.05) is 55.3 Å². The zero-order valence-corrected chi connectivity index (χ0v) is 36.9. The normalized spacial score (nSPS) is 12.9. The van der Waals surface area contributed by atoms with Gasteiger partial charge in [0.1, 0.15) is 11.0 Å². The summed E-state index contributed by atoms with van der Waals surface area (Å²) in [5.74, 6) is 0. The molecule has 1 aliphatic carbocycles. The van der Waals surface area contributed by atoms with Gasteiger partial charge in [-0.3, -0.25) is 0 Å². The molecule has 10 aromatic rings. The van der Waals surface area contributed by atoms with Crippen molar-refractivity contribution >= 4 is 63.2 Å². The first-order valence-corrected chi connectivity index (χ1v) is 22.4. The lowest BCUT2D eigenvalue weighted by Crippen LogP contribution is -2.15. The molecule has 0 saturated heterocycles. The van der Waals surface area contributed by atoms with Crippen LogP contribution in [-0.2, 0) is 0 Å². The Labute approximate surface area is 380 Å². The van der Waals surface area contributed by atoms with Crippen molar-refractivity contribution in [3.05, 3.63) is 229 Å². The molecule has 11 rings (SSSR count). The van der Waals surface area contributed by atoms with Crippen LogP contribution < -0.4 is 15.5 Å². The van der Waals surface area contributed by atoms with Gasteiger partial charge in [-0.2, -0.15) is 0 Å². The molecule has 0 aliphatic heterocycles. The maximum absolute atomic E-state index is 6.53. The number of rotatable bonds is 10. The number of nitrogens with zero attached hydrogens (tertiary/aromatic N) is 2. The summed E-state index contributed by atoms with van der Waals surface area (Å²) >= 11 is 0. The van der Waals surface area contributed by atoms with E-state index in [-0.39, 0.29) is 5.41 Å². The number of anilines is 3. The molecular weight excluding hydrogens is 789 g/mol. The van der Waals surface area contributed by atoms with Crippen molar-refractivity contribution in [3.63, 3.8) is 0 Å². The summed E-state index contributed by atoms with van der Waals surface area (Å²) in [6.45, 7) is 10.6. The average molecular weight is 837 g/mol. The van der Waals surface area contributed by atoms with Gasteiger partial charge < -0.3 is 13.9 Å². The third kappa shape index (κ3) is 7.22. The van der Waals surface area contributed by atoms with E-state index < -0.39 is 0 Å². The number of allylic oxidation sites excluding steroid dienone is 1. The second-order valence-corrected chi connectivity index (χ2v) is 17.5. The maximum atomic E-state index is 6.53. The first-order chi connectivity index (χ1) is 31.9. The fourth-order valence-electron chi connectivity index (χ4n) is 9.62. The monoisotopic (exact) mass is 836 g/mol. The Bertz CT molecular complexity index is 3530. The molecule has 0 radical (unpaired) electrons. The first-order valence-electron chi connectivity index (χ1n) is 22.4. The lowest BCUT2D eigenvalue weighted by molar-refractivity contribution is 0.571. The van der Waals surface area contributed by atoms with Crippen LogP contribution in [0.3, 0.4) is 0 Å². The van der Waals surface area contributed by atoms with Gasteiger partial charge in [0.15, 0.2) is 0 Å². The molecule has 8 aromatic carbocycles. The molecule has 0 spiro atoms. The van der Waals surface area contributed by atoms with Gasteiger partial charge in [-0.05, 0) is 113 Å². The van der Waals surface area contributed by atoms with E-state index in [1.807, 2.05) is 6.08 Å². The van der Waals surface area contributed by atoms with Crippen molar-refractivity contribution in [1.29, 1.82) is 0 Å². The van der Waals surface area contributed by atoms with E-state index >= 15 is 0 Å². The van der Waals surface area contributed by atoms with Crippen LogP contribution in [0.2, 0.25) is 0 Å². The topological polar surface area (TPSA) is 21.3 Å². The highest BCUT2D eigenvalue weighted by molar-refractivity contribution is 5.96. The molecule has 1 aliphatic rings. The number of hydrogen-bond donors (Lipinski definition) is 0. The highest BCUT2D eigenvalue weighted by atomic mass is 16.3. The zero-order valence-electron chi connectivity index (χ0n) is 36.9. The summed E-state index contributed by atoms with van der Waals surface area (Å²) in [5.41, 5.74) is 19.0. The van der Waals surface area contributed by atoms with Gasteiger partial charge in [-0.15, -0.1) is 0 Å². The minimum absolute atomic E-state index is 0.0111. The molecule has 2 aromatic heterocycles. The van der Waals surface area contributed by atoms with Crippen LogP contribution in [0.15, 0.2) is 211 Å². The fraction of sp³-hybridized carbons (Fsp3) is 0.0645. The Morgan fingerprint density at radius 3 is 1.57 bits per heavy atom. The van der Waals surface area contributed by atoms with Gasteiger partial charge in [0.2, 0.25) is 0 Å². The molecule has 0 fully saturated rings. The summed E-state index contributed by atoms with van der Waals surface area (Å²) in [4.78, 5) is 2.34. The van der Waals surface area contributed by atoms with Crippen molar-refractivity contribution in [2.45, 2.75) is 20.8 Å². The third-order valence-electron chi connectivity index (χ3n) is 12.8. The van der Waals surface area contributed by atoms with Gasteiger partial charge in [0.25, 0.3) is 0 Å². The predicted molar refractivity (Wildman–Crippen MR) is 276 cm³/mol. The number of aromatic nitrogens is 1. The quantitative estimate of drug-likeness (QED) is 0.137. The van der Waals surface area contributed by atoms with Crippen LogP contribution in [0, 0.1) is 5.41 Å². The van der Waals surface area contributed by atoms with Gasteiger partial charge in [0.05, 0.1) is 11.2 Å². The summed E-state index contributed by atoms with van der Waals surface area (Å²) < 4.78 is 8.86. The van der Waals surface area contributed by atoms with E-state index in [4.69, 9.17) is 4.42 Å². The fourth-order valence-corrected chi connectivity index (χ4v) is 9.62. The highest BCUT2D eigenvalue weighted by Crippen LogP contribution is 2.39. The number of benzene rings is 8. The Morgan fingerprint density at radius 1 is 0.508 bits per heavy atom. The largest absolute Gasteiger partial charge is 0.456 e. The number of hydrogen-bond acceptors (Lipinski definition) is 2. The van der Waals surface area contributed by atoms with E-state index in [1.54, 1.807) is 0 Å². The van der Waals surface area contributed by atoms with Crippen molar-refractivity contribution in [1.82, 2.24) is 4.57 Å². The Kier molecular flexibility index (Phi) is 9.89. The van der Waals surface area contributed by atoms with E-state index in [2.05, 4.69) is 255 Å². The van der Waals surface area contributed by atoms with E-state index in [9.17, 15) is 0 Å². The molecule has 0 saturated carbocycles. The van der Waals surface area contributed by atoms with Crippen LogP contribution in [0.5, 0.6) is 0 Å². The van der Waals surface area contributed by atoms with Crippen LogP contribution in [0.1, 0.15) is 32.0 Å². The molecule has 3 heteroatoms. The Morgan fingerprint density at radius 2 is 1.00 bits per heavy atom. The molecule has 0 unspecified atom stereocenters. The molecule has 65 heavy (non-hydrogen) atoms. The SMILES string of the molecule is C=Cc1c(/C=C\C)n(-c2ccc(-c3ccc(N(c4ccc(-c5ccc(-c6ccccc6)cc5)cc4)c4ccc(-c5cccc6c7c(oc56)=CC(C)(C)C=7)cc4)cc3)cc2)c2ccccc12. The Hall–Kier alpha value is -8.14. The molecule has 2 heterocycles. The molecule has 3 nitrogen and oxygen atoms in total. The minimum atomic E-state index is -0.0111. The highest BCUT2D eigenvalue weighted by Gasteiger charge is 2.21. The minimum Gasteiger partial charge on any atom is -0.456 e. The number of furan rings is 1. The van der Waals surface area contributed by atoms with Crippen LogP contribution in [0.4, 0.5) is 17.1 Å². The average Bonchev–Trinajstić information content (AvgIpc) is 3.97. The van der Waals surface area contributed by atoms with Crippen molar-refractivity contribution in [2.75, 3.05) is 4.90 Å². The van der Waals surface area contributed by atoms with Gasteiger partial charge in [-0.25, -0.2) is 0 Å². The zero-order chi connectivity index (χ0) is 44.1. The van der Waals surface area contributed by atoms with E-state index in [1.165, 1.54) is 32.9 Å². The van der Waals surface area contributed by atoms with E-state index in [0.717, 1.165) is 78.2 Å². The van der Waals surface area contributed by atoms with Crippen molar-refractivity contribution < 1.29 is 4.42 Å². The van der Waals surface area contributed by atoms with Crippen LogP contribution >= 0.6 is 0 Å². The second kappa shape index (κ2) is 16.2. The summed E-state index contributed by atoms with van der Waals surface area (Å²) in [7, 11) is 0.